The van der Waals surface area contributed by atoms with Crippen molar-refractivity contribution in [2.24, 2.45) is 0 Å². The third-order valence-electron chi connectivity index (χ3n) is 7.25. The maximum Gasteiger partial charge on any atom is 0.316 e. The molecule has 0 unspecified atom stereocenters. The lowest BCUT2D eigenvalue weighted by Crippen LogP contribution is -2.23. The van der Waals surface area contributed by atoms with Crippen LogP contribution in [0.25, 0.3) is 33.7 Å². The number of nitrogens with zero attached hydrogens (tertiary/aromatic N) is 4. The van der Waals surface area contributed by atoms with E-state index in [-0.39, 0.29) is 5.97 Å². The van der Waals surface area contributed by atoms with Crippen molar-refractivity contribution in [2.45, 2.75) is 38.6 Å². The lowest BCUT2D eigenvalue weighted by molar-refractivity contribution is -0.146. The van der Waals surface area contributed by atoms with Gasteiger partial charge in [0.1, 0.15) is 5.69 Å². The van der Waals surface area contributed by atoms with Crippen molar-refractivity contribution >= 4 is 5.97 Å². The number of carbonyl (C=O) groups excluding carboxylic acids is 1. The summed E-state index contributed by atoms with van der Waals surface area (Å²) in [4.78, 5) is 12.4. The molecule has 0 N–H and O–H groups in total. The number of carbonyl (C=O) groups is 1. The molecule has 7 nitrogen and oxygen atoms in total. The van der Waals surface area contributed by atoms with Crippen molar-refractivity contribution in [1.82, 2.24) is 20.2 Å². The van der Waals surface area contributed by atoms with Gasteiger partial charge in [-0.15, -0.1) is 5.10 Å². The fraction of sp³-hybridized carbons (Fsp3) is 0.226. The van der Waals surface area contributed by atoms with Gasteiger partial charge in [-0.05, 0) is 43.4 Å². The first-order valence-corrected chi connectivity index (χ1v) is 12.9. The fourth-order valence-corrected chi connectivity index (χ4v) is 4.88. The van der Waals surface area contributed by atoms with Crippen LogP contribution in [0.1, 0.15) is 36.6 Å². The molecule has 6 rings (SSSR count). The highest BCUT2D eigenvalue weighted by atomic mass is 16.5. The van der Waals surface area contributed by atoms with E-state index in [2.05, 4.69) is 39.7 Å². The first-order chi connectivity index (χ1) is 18.6. The topological polar surface area (TPSA) is 83.0 Å². The second kappa shape index (κ2) is 9.74. The van der Waals surface area contributed by atoms with Crippen molar-refractivity contribution in [1.29, 1.82) is 0 Å². The van der Waals surface area contributed by atoms with E-state index in [1.165, 1.54) is 0 Å². The van der Waals surface area contributed by atoms with E-state index < -0.39 is 5.41 Å². The summed E-state index contributed by atoms with van der Waals surface area (Å²) >= 11 is 0. The highest BCUT2D eigenvalue weighted by Crippen LogP contribution is 2.49. The number of hydrogen-bond acceptors (Lipinski definition) is 6. The number of esters is 1. The molecular formula is C31H28N4O3. The zero-order chi connectivity index (χ0) is 26.1. The van der Waals surface area contributed by atoms with Crippen molar-refractivity contribution < 1.29 is 14.1 Å². The molecular weight excluding hydrogens is 476 g/mol. The van der Waals surface area contributed by atoms with Gasteiger partial charge < -0.3 is 9.26 Å². The van der Waals surface area contributed by atoms with Crippen LogP contribution >= 0.6 is 0 Å². The number of hydrogen-bond donors (Lipinski definition) is 0. The van der Waals surface area contributed by atoms with Crippen molar-refractivity contribution in [3.8, 4) is 33.7 Å². The molecule has 190 valence electrons. The van der Waals surface area contributed by atoms with E-state index in [0.717, 1.165) is 63.4 Å². The lowest BCUT2D eigenvalue weighted by Gasteiger charge is -2.14. The smallest absolute Gasteiger partial charge is 0.316 e. The normalized spacial score (nSPS) is 13.8. The first kappa shape index (κ1) is 23.9. The summed E-state index contributed by atoms with van der Waals surface area (Å²) in [6.07, 6.45) is 3.63. The summed E-state index contributed by atoms with van der Waals surface area (Å²) in [7, 11) is 0. The minimum atomic E-state index is -0.453. The standard InChI is InChI=1S/C31H28N4O3/c1-3-37-30(36)31(17-18-31)26-15-13-23(14-16-26)22-9-11-25(12-10-22)29-27(21(2)33-38-29)19-35-20-28(32-34-35)24-7-5-4-6-8-24/h4-16,20H,3,17-19H2,1-2H3. The number of aromatic nitrogens is 4. The zero-order valence-corrected chi connectivity index (χ0v) is 21.4. The van der Waals surface area contributed by atoms with E-state index >= 15 is 0 Å². The Morgan fingerprint density at radius 1 is 0.921 bits per heavy atom. The van der Waals surface area contributed by atoms with Crippen LogP contribution in [0.5, 0.6) is 0 Å². The number of rotatable bonds is 8. The van der Waals surface area contributed by atoms with E-state index in [4.69, 9.17) is 9.26 Å². The second-order valence-corrected chi connectivity index (χ2v) is 9.70. The summed E-state index contributed by atoms with van der Waals surface area (Å²) in [5.74, 6) is 0.615. The van der Waals surface area contributed by atoms with Crippen LogP contribution < -0.4 is 0 Å². The number of aryl methyl sites for hydroxylation is 1. The van der Waals surface area contributed by atoms with Crippen LogP contribution in [-0.2, 0) is 21.5 Å². The Hall–Kier alpha value is -4.52. The highest BCUT2D eigenvalue weighted by molar-refractivity contribution is 5.87. The number of ether oxygens (including phenoxy) is 1. The molecule has 1 aliphatic carbocycles. The molecule has 0 saturated heterocycles. The first-order valence-electron chi connectivity index (χ1n) is 12.9. The Balaban J connectivity index is 1.20. The molecule has 1 fully saturated rings. The van der Waals surface area contributed by atoms with Crippen LogP contribution in [0.3, 0.4) is 0 Å². The second-order valence-electron chi connectivity index (χ2n) is 9.70. The maximum absolute atomic E-state index is 12.4. The Bertz CT molecular complexity index is 1560. The summed E-state index contributed by atoms with van der Waals surface area (Å²) in [5, 5.41) is 12.9. The Labute approximate surface area is 221 Å². The average Bonchev–Trinajstić information content (AvgIpc) is 3.51. The predicted molar refractivity (Wildman–Crippen MR) is 144 cm³/mol. The fourth-order valence-electron chi connectivity index (χ4n) is 4.88. The van der Waals surface area contributed by atoms with Crippen LogP contribution in [0, 0.1) is 6.92 Å². The summed E-state index contributed by atoms with van der Waals surface area (Å²) in [6, 6.07) is 26.5. The Morgan fingerprint density at radius 3 is 2.24 bits per heavy atom. The van der Waals surface area contributed by atoms with Crippen molar-refractivity contribution in [3.05, 3.63) is 102 Å². The summed E-state index contributed by atoms with van der Waals surface area (Å²) in [6.45, 7) is 4.71. The van der Waals surface area contributed by atoms with Crippen molar-refractivity contribution in [2.75, 3.05) is 6.61 Å². The van der Waals surface area contributed by atoms with Gasteiger partial charge in [0.05, 0.1) is 30.5 Å². The van der Waals surface area contributed by atoms with Gasteiger partial charge in [0.2, 0.25) is 0 Å². The molecule has 3 aromatic carbocycles. The van der Waals surface area contributed by atoms with Gasteiger partial charge in [0.25, 0.3) is 0 Å². The quantitative estimate of drug-likeness (QED) is 0.233. The lowest BCUT2D eigenvalue weighted by atomic mass is 9.93. The molecule has 2 heterocycles. The van der Waals surface area contributed by atoms with Gasteiger partial charge in [-0.25, -0.2) is 4.68 Å². The third kappa shape index (κ3) is 4.41. The van der Waals surface area contributed by atoms with Gasteiger partial charge >= 0.3 is 5.97 Å². The predicted octanol–water partition coefficient (Wildman–Crippen LogP) is 6.22. The molecule has 5 aromatic rings. The summed E-state index contributed by atoms with van der Waals surface area (Å²) in [5.41, 5.74) is 7.35. The highest BCUT2D eigenvalue weighted by Gasteiger charge is 2.52. The molecule has 0 amide bonds. The van der Waals surface area contributed by atoms with Gasteiger partial charge in [0.15, 0.2) is 5.76 Å². The van der Waals surface area contributed by atoms with E-state index in [9.17, 15) is 4.79 Å². The van der Waals surface area contributed by atoms with Gasteiger partial charge in [-0.2, -0.15) is 0 Å². The molecule has 1 saturated carbocycles. The van der Waals surface area contributed by atoms with Crippen LogP contribution in [0.4, 0.5) is 0 Å². The molecule has 0 radical (unpaired) electrons. The van der Waals surface area contributed by atoms with Crippen LogP contribution in [0.15, 0.2) is 89.6 Å². The molecule has 2 aromatic heterocycles. The van der Waals surface area contributed by atoms with Crippen LogP contribution in [0.2, 0.25) is 0 Å². The molecule has 0 spiro atoms. The third-order valence-corrected chi connectivity index (χ3v) is 7.25. The zero-order valence-electron chi connectivity index (χ0n) is 21.4. The average molecular weight is 505 g/mol. The maximum atomic E-state index is 12.4. The van der Waals surface area contributed by atoms with E-state index in [1.807, 2.05) is 79.3 Å². The molecule has 0 aliphatic heterocycles. The number of benzene rings is 3. The molecule has 0 bridgehead atoms. The van der Waals surface area contributed by atoms with E-state index in [0.29, 0.717) is 13.2 Å². The van der Waals surface area contributed by atoms with Crippen molar-refractivity contribution in [3.63, 3.8) is 0 Å². The van der Waals surface area contributed by atoms with Gasteiger partial charge in [0, 0.05) is 16.7 Å². The minimum Gasteiger partial charge on any atom is -0.465 e. The van der Waals surface area contributed by atoms with E-state index in [1.54, 1.807) is 0 Å². The Morgan fingerprint density at radius 2 is 1.58 bits per heavy atom. The molecule has 0 atom stereocenters. The minimum absolute atomic E-state index is 0.113. The largest absolute Gasteiger partial charge is 0.465 e. The monoisotopic (exact) mass is 504 g/mol. The molecule has 1 aliphatic rings. The SMILES string of the molecule is CCOC(=O)C1(c2ccc(-c3ccc(-c4onc(C)c4Cn4cc(-c5ccccc5)nn4)cc3)cc2)CC1. The van der Waals surface area contributed by atoms with Crippen LogP contribution in [-0.4, -0.2) is 32.7 Å². The molecule has 38 heavy (non-hydrogen) atoms. The Kier molecular flexibility index (Phi) is 6.12. The van der Waals surface area contributed by atoms with Gasteiger partial charge in [-0.1, -0.05) is 89.2 Å². The summed E-state index contributed by atoms with van der Waals surface area (Å²) < 4.78 is 12.8. The molecule has 7 heteroatoms. The van der Waals surface area contributed by atoms with Gasteiger partial charge in [-0.3, -0.25) is 4.79 Å².